The first-order chi connectivity index (χ1) is 13.6. The molecule has 0 bridgehead atoms. The SMILES string of the molecule is COc1ccc(C)c(C(=O)c2c[nH]c3ncnc(NC4CCC(N)CC4)c23)c1. The van der Waals surface area contributed by atoms with Gasteiger partial charge in [-0.15, -0.1) is 0 Å². The summed E-state index contributed by atoms with van der Waals surface area (Å²) < 4.78 is 5.29. The molecule has 0 spiro atoms. The molecule has 28 heavy (non-hydrogen) atoms. The number of carbonyl (C=O) groups excluding carboxylic acids is 1. The number of fused-ring (bicyclic) bond motifs is 1. The van der Waals surface area contributed by atoms with E-state index in [1.807, 2.05) is 19.1 Å². The van der Waals surface area contributed by atoms with Crippen LogP contribution in [0.3, 0.4) is 0 Å². The molecule has 0 atom stereocenters. The van der Waals surface area contributed by atoms with Gasteiger partial charge in [-0.05, 0) is 50.3 Å². The summed E-state index contributed by atoms with van der Waals surface area (Å²) in [6.45, 7) is 1.92. The molecule has 1 aromatic carbocycles. The second kappa shape index (κ2) is 7.59. The molecule has 0 amide bonds. The predicted octanol–water partition coefficient (Wildman–Crippen LogP) is 3.19. The van der Waals surface area contributed by atoms with Crippen LogP contribution in [0.4, 0.5) is 5.82 Å². The Balaban J connectivity index is 1.71. The zero-order valence-electron chi connectivity index (χ0n) is 16.2. The number of carbonyl (C=O) groups is 1. The number of nitrogens with one attached hydrogen (secondary N) is 2. The number of anilines is 1. The van der Waals surface area contributed by atoms with Crippen LogP contribution in [0.2, 0.25) is 0 Å². The van der Waals surface area contributed by atoms with Crippen LogP contribution in [0.1, 0.15) is 47.2 Å². The van der Waals surface area contributed by atoms with Crippen LogP contribution in [0.25, 0.3) is 11.0 Å². The van der Waals surface area contributed by atoms with Gasteiger partial charge < -0.3 is 20.8 Å². The zero-order chi connectivity index (χ0) is 19.7. The summed E-state index contributed by atoms with van der Waals surface area (Å²) in [5, 5.41) is 4.24. The lowest BCUT2D eigenvalue weighted by atomic mass is 9.91. The molecule has 1 aliphatic rings. The maximum atomic E-state index is 13.3. The monoisotopic (exact) mass is 379 g/mol. The van der Waals surface area contributed by atoms with Crippen molar-refractivity contribution in [3.8, 4) is 5.75 Å². The first kappa shape index (κ1) is 18.4. The van der Waals surface area contributed by atoms with E-state index in [1.54, 1.807) is 19.4 Å². The van der Waals surface area contributed by atoms with Crippen LogP contribution in [0.5, 0.6) is 5.75 Å². The Hall–Kier alpha value is -2.93. The maximum Gasteiger partial charge on any atom is 0.195 e. The summed E-state index contributed by atoms with van der Waals surface area (Å²) in [7, 11) is 1.59. The lowest BCUT2D eigenvalue weighted by Gasteiger charge is -2.27. The lowest BCUT2D eigenvalue weighted by Crippen LogP contribution is -2.33. The molecule has 146 valence electrons. The molecular formula is C21H25N5O2. The van der Waals surface area contributed by atoms with Gasteiger partial charge in [0.05, 0.1) is 18.1 Å². The number of H-pyrrole nitrogens is 1. The molecular weight excluding hydrogens is 354 g/mol. The smallest absolute Gasteiger partial charge is 0.195 e. The van der Waals surface area contributed by atoms with Crippen LogP contribution < -0.4 is 15.8 Å². The number of hydrogen-bond donors (Lipinski definition) is 3. The van der Waals surface area contributed by atoms with E-state index in [1.165, 1.54) is 6.33 Å². The van der Waals surface area contributed by atoms with Crippen LogP contribution in [0, 0.1) is 6.92 Å². The molecule has 1 aliphatic carbocycles. The normalized spacial score (nSPS) is 19.5. The van der Waals surface area contributed by atoms with Gasteiger partial charge in [0.1, 0.15) is 23.5 Å². The van der Waals surface area contributed by atoms with Gasteiger partial charge in [0.25, 0.3) is 0 Å². The molecule has 2 heterocycles. The number of nitrogens with two attached hydrogens (primary N) is 1. The fraction of sp³-hybridized carbons (Fsp3) is 0.381. The van der Waals surface area contributed by atoms with Crippen molar-refractivity contribution in [3.05, 3.63) is 47.4 Å². The van der Waals surface area contributed by atoms with Gasteiger partial charge in [-0.2, -0.15) is 0 Å². The number of hydrogen-bond acceptors (Lipinski definition) is 6. The number of methoxy groups -OCH3 is 1. The van der Waals surface area contributed by atoms with Crippen LogP contribution in [0.15, 0.2) is 30.7 Å². The largest absolute Gasteiger partial charge is 0.497 e. The van der Waals surface area contributed by atoms with E-state index in [9.17, 15) is 4.79 Å². The highest BCUT2D eigenvalue weighted by Crippen LogP contribution is 2.29. The third-order valence-corrected chi connectivity index (χ3v) is 5.52. The fourth-order valence-corrected chi connectivity index (χ4v) is 3.83. The summed E-state index contributed by atoms with van der Waals surface area (Å²) in [5.41, 5.74) is 8.73. The topological polar surface area (TPSA) is 106 Å². The van der Waals surface area contributed by atoms with Crippen molar-refractivity contribution in [1.82, 2.24) is 15.0 Å². The molecule has 0 saturated heterocycles. The Kier molecular flexibility index (Phi) is 5.00. The van der Waals surface area contributed by atoms with E-state index in [4.69, 9.17) is 10.5 Å². The lowest BCUT2D eigenvalue weighted by molar-refractivity contribution is 0.103. The van der Waals surface area contributed by atoms with Gasteiger partial charge in [0, 0.05) is 23.8 Å². The van der Waals surface area contributed by atoms with Gasteiger partial charge in [0.15, 0.2) is 5.78 Å². The summed E-state index contributed by atoms with van der Waals surface area (Å²) in [4.78, 5) is 25.2. The van der Waals surface area contributed by atoms with Crippen molar-refractivity contribution in [1.29, 1.82) is 0 Å². The van der Waals surface area contributed by atoms with Gasteiger partial charge >= 0.3 is 0 Å². The molecule has 2 aromatic heterocycles. The van der Waals surface area contributed by atoms with E-state index in [2.05, 4.69) is 20.3 Å². The second-order valence-corrected chi connectivity index (χ2v) is 7.41. The van der Waals surface area contributed by atoms with Crippen LogP contribution in [-0.4, -0.2) is 39.9 Å². The second-order valence-electron chi connectivity index (χ2n) is 7.41. The van der Waals surface area contributed by atoms with E-state index in [0.717, 1.165) is 36.6 Å². The average Bonchev–Trinajstić information content (AvgIpc) is 3.15. The van der Waals surface area contributed by atoms with Crippen molar-refractivity contribution >= 4 is 22.6 Å². The number of aryl methyl sites for hydroxylation is 1. The van der Waals surface area contributed by atoms with Crippen molar-refractivity contribution in [3.63, 3.8) is 0 Å². The minimum atomic E-state index is -0.0776. The van der Waals surface area contributed by atoms with Gasteiger partial charge in [-0.25, -0.2) is 9.97 Å². The summed E-state index contributed by atoms with van der Waals surface area (Å²) >= 11 is 0. The number of rotatable bonds is 5. The Morgan fingerprint density at radius 2 is 2.00 bits per heavy atom. The first-order valence-electron chi connectivity index (χ1n) is 9.60. The standard InChI is InChI=1S/C21H25N5O2/c1-12-3-8-15(28-2)9-16(12)19(27)17-10-23-20-18(17)21(25-11-24-20)26-14-6-4-13(22)5-7-14/h3,8-11,13-14H,4-7,22H2,1-2H3,(H2,23,24,25,26). The zero-order valence-corrected chi connectivity index (χ0v) is 16.2. The van der Waals surface area contributed by atoms with Gasteiger partial charge in [-0.1, -0.05) is 6.07 Å². The van der Waals surface area contributed by atoms with E-state index >= 15 is 0 Å². The molecule has 0 unspecified atom stereocenters. The minimum absolute atomic E-state index is 0.0776. The van der Waals surface area contributed by atoms with Crippen LogP contribution in [-0.2, 0) is 0 Å². The fourth-order valence-electron chi connectivity index (χ4n) is 3.83. The average molecular weight is 379 g/mol. The van der Waals surface area contributed by atoms with E-state index in [0.29, 0.717) is 34.4 Å². The van der Waals surface area contributed by atoms with Crippen molar-refractivity contribution in [2.45, 2.75) is 44.7 Å². The Morgan fingerprint density at radius 1 is 1.21 bits per heavy atom. The molecule has 4 N–H and O–H groups in total. The highest BCUT2D eigenvalue weighted by Gasteiger charge is 2.23. The summed E-state index contributed by atoms with van der Waals surface area (Å²) in [6.07, 6.45) is 7.20. The van der Waals surface area contributed by atoms with E-state index in [-0.39, 0.29) is 11.8 Å². The first-order valence-corrected chi connectivity index (χ1v) is 9.60. The molecule has 0 aliphatic heterocycles. The number of ether oxygens (including phenoxy) is 1. The van der Waals surface area contributed by atoms with Crippen molar-refractivity contribution < 1.29 is 9.53 Å². The number of aromatic nitrogens is 3. The number of aromatic amines is 1. The molecule has 4 rings (SSSR count). The quantitative estimate of drug-likeness (QED) is 0.588. The highest BCUT2D eigenvalue weighted by atomic mass is 16.5. The highest BCUT2D eigenvalue weighted by molar-refractivity contribution is 6.18. The third-order valence-electron chi connectivity index (χ3n) is 5.52. The molecule has 7 heteroatoms. The van der Waals surface area contributed by atoms with Crippen LogP contribution >= 0.6 is 0 Å². The predicted molar refractivity (Wildman–Crippen MR) is 109 cm³/mol. The third kappa shape index (κ3) is 3.45. The number of ketones is 1. The maximum absolute atomic E-state index is 13.3. The summed E-state index contributed by atoms with van der Waals surface area (Å²) in [5.74, 6) is 1.27. The Labute approximate surface area is 163 Å². The Bertz CT molecular complexity index is 1010. The molecule has 3 aromatic rings. The van der Waals surface area contributed by atoms with E-state index < -0.39 is 0 Å². The van der Waals surface area contributed by atoms with Gasteiger partial charge in [-0.3, -0.25) is 4.79 Å². The van der Waals surface area contributed by atoms with Crippen molar-refractivity contribution in [2.24, 2.45) is 5.73 Å². The molecule has 1 saturated carbocycles. The molecule has 1 fully saturated rings. The Morgan fingerprint density at radius 3 is 2.75 bits per heavy atom. The summed E-state index contributed by atoms with van der Waals surface area (Å²) in [6, 6.07) is 6.10. The molecule has 0 radical (unpaired) electrons. The number of benzene rings is 1. The van der Waals surface area contributed by atoms with Gasteiger partial charge in [0.2, 0.25) is 0 Å². The van der Waals surface area contributed by atoms with Crippen molar-refractivity contribution in [2.75, 3.05) is 12.4 Å². The number of nitrogens with zero attached hydrogens (tertiary/aromatic N) is 2. The molecule has 7 nitrogen and oxygen atoms in total. The minimum Gasteiger partial charge on any atom is -0.497 e.